The van der Waals surface area contributed by atoms with Crippen molar-refractivity contribution in [3.05, 3.63) is 65.7 Å². The fourth-order valence-electron chi connectivity index (χ4n) is 2.00. The molecule has 2 aromatic rings. The molecule has 0 unspecified atom stereocenters. The number of nitrogens with one attached hydrogen (secondary N) is 2. The number of amides is 1. The Morgan fingerprint density at radius 3 is 2.29 bits per heavy atom. The van der Waals surface area contributed by atoms with E-state index in [0.29, 0.717) is 11.5 Å². The summed E-state index contributed by atoms with van der Waals surface area (Å²) in [5.41, 5.74) is 2.67. The van der Waals surface area contributed by atoms with E-state index >= 15 is 0 Å². The van der Waals surface area contributed by atoms with Crippen LogP contribution in [0.1, 0.15) is 29.8 Å². The van der Waals surface area contributed by atoms with Crippen LogP contribution in [-0.4, -0.2) is 12.5 Å². The fraction of sp³-hybridized carbons (Fsp3) is 0.278. The van der Waals surface area contributed by atoms with E-state index in [4.69, 9.17) is 0 Å². The lowest BCUT2D eigenvalue weighted by Crippen LogP contribution is -2.19. The molecule has 0 aliphatic rings. The monoisotopic (exact) mass is 282 g/mol. The molecule has 0 saturated carbocycles. The third-order valence-electron chi connectivity index (χ3n) is 3.13. The van der Waals surface area contributed by atoms with Crippen molar-refractivity contribution in [2.75, 3.05) is 11.9 Å². The van der Waals surface area contributed by atoms with Gasteiger partial charge in [-0.05, 0) is 42.3 Å². The smallest absolute Gasteiger partial charge is 0.255 e. The van der Waals surface area contributed by atoms with Gasteiger partial charge in [-0.3, -0.25) is 4.79 Å². The Morgan fingerprint density at radius 1 is 1.00 bits per heavy atom. The minimum atomic E-state index is -0.0807. The van der Waals surface area contributed by atoms with Gasteiger partial charge in [-0.15, -0.1) is 0 Å². The summed E-state index contributed by atoms with van der Waals surface area (Å²) < 4.78 is 0. The molecule has 0 spiro atoms. The van der Waals surface area contributed by atoms with Gasteiger partial charge in [0, 0.05) is 17.8 Å². The van der Waals surface area contributed by atoms with Gasteiger partial charge in [-0.25, -0.2) is 0 Å². The molecule has 2 aromatic carbocycles. The lowest BCUT2D eigenvalue weighted by molar-refractivity contribution is 0.102. The van der Waals surface area contributed by atoms with Gasteiger partial charge < -0.3 is 10.6 Å². The highest BCUT2D eigenvalue weighted by Gasteiger charge is 2.05. The molecule has 110 valence electrons. The van der Waals surface area contributed by atoms with E-state index < -0.39 is 0 Å². The Hall–Kier alpha value is -2.13. The zero-order valence-electron chi connectivity index (χ0n) is 12.6. The van der Waals surface area contributed by atoms with Crippen LogP contribution >= 0.6 is 0 Å². The summed E-state index contributed by atoms with van der Waals surface area (Å²) in [4.78, 5) is 12.1. The van der Waals surface area contributed by atoms with E-state index in [1.54, 1.807) is 0 Å². The summed E-state index contributed by atoms with van der Waals surface area (Å²) in [6.07, 6.45) is 0. The fourth-order valence-corrected chi connectivity index (χ4v) is 2.00. The normalized spacial score (nSPS) is 10.6. The van der Waals surface area contributed by atoms with Gasteiger partial charge in [0.1, 0.15) is 0 Å². The van der Waals surface area contributed by atoms with Crippen molar-refractivity contribution in [3.8, 4) is 0 Å². The molecule has 0 aliphatic heterocycles. The number of carbonyl (C=O) groups is 1. The van der Waals surface area contributed by atoms with E-state index in [1.807, 2.05) is 54.6 Å². The van der Waals surface area contributed by atoms with E-state index in [1.165, 1.54) is 5.56 Å². The van der Waals surface area contributed by atoms with Gasteiger partial charge in [-0.1, -0.05) is 44.2 Å². The quantitative estimate of drug-likeness (QED) is 0.848. The number of anilines is 1. The first kappa shape index (κ1) is 15.3. The minimum Gasteiger partial charge on any atom is -0.322 e. The standard InChI is InChI=1S/C18H22N2O/c1-14(2)12-19-13-15-8-10-16(11-9-15)18(21)20-17-6-4-3-5-7-17/h3-11,14,19H,12-13H2,1-2H3,(H,20,21). The van der Waals surface area contributed by atoms with Gasteiger partial charge in [0.25, 0.3) is 5.91 Å². The lowest BCUT2D eigenvalue weighted by Gasteiger charge is -2.08. The SMILES string of the molecule is CC(C)CNCc1ccc(C(=O)Nc2ccccc2)cc1. The minimum absolute atomic E-state index is 0.0807. The maximum absolute atomic E-state index is 12.1. The van der Waals surface area contributed by atoms with Crippen LogP contribution in [0.4, 0.5) is 5.69 Å². The third kappa shape index (κ3) is 5.04. The highest BCUT2D eigenvalue weighted by molar-refractivity contribution is 6.04. The first-order valence-corrected chi connectivity index (χ1v) is 7.31. The summed E-state index contributed by atoms with van der Waals surface area (Å²) in [6.45, 7) is 6.20. The summed E-state index contributed by atoms with van der Waals surface area (Å²) in [5, 5.41) is 6.27. The highest BCUT2D eigenvalue weighted by Crippen LogP contribution is 2.10. The Balaban J connectivity index is 1.91. The molecule has 21 heavy (non-hydrogen) atoms. The molecule has 0 heterocycles. The molecule has 0 atom stereocenters. The molecule has 0 radical (unpaired) electrons. The summed E-state index contributed by atoms with van der Waals surface area (Å²) >= 11 is 0. The van der Waals surface area contributed by atoms with Crippen LogP contribution in [0, 0.1) is 5.92 Å². The number of benzene rings is 2. The number of carbonyl (C=O) groups excluding carboxylic acids is 1. The molecule has 3 heteroatoms. The van der Waals surface area contributed by atoms with Crippen molar-refractivity contribution in [1.29, 1.82) is 0 Å². The van der Waals surface area contributed by atoms with Crippen LogP contribution in [0.5, 0.6) is 0 Å². The van der Waals surface area contributed by atoms with Crippen molar-refractivity contribution >= 4 is 11.6 Å². The Kier molecular flexibility index (Phi) is 5.52. The average molecular weight is 282 g/mol. The second-order valence-electron chi connectivity index (χ2n) is 5.54. The topological polar surface area (TPSA) is 41.1 Å². The Labute approximate surface area is 126 Å². The van der Waals surface area contributed by atoms with Crippen molar-refractivity contribution in [3.63, 3.8) is 0 Å². The molecule has 0 aromatic heterocycles. The van der Waals surface area contributed by atoms with Crippen molar-refractivity contribution < 1.29 is 4.79 Å². The Bertz CT molecular complexity index is 562. The molecule has 0 fully saturated rings. The molecular formula is C18H22N2O. The van der Waals surface area contributed by atoms with Crippen LogP contribution in [0.15, 0.2) is 54.6 Å². The highest BCUT2D eigenvalue weighted by atomic mass is 16.1. The van der Waals surface area contributed by atoms with Crippen LogP contribution in [0.25, 0.3) is 0 Å². The van der Waals surface area contributed by atoms with Gasteiger partial charge in [-0.2, -0.15) is 0 Å². The molecular weight excluding hydrogens is 260 g/mol. The Morgan fingerprint density at radius 2 is 1.67 bits per heavy atom. The molecule has 0 aliphatic carbocycles. The molecule has 2 N–H and O–H groups in total. The van der Waals surface area contributed by atoms with E-state index in [0.717, 1.165) is 18.8 Å². The van der Waals surface area contributed by atoms with Gasteiger partial charge in [0.15, 0.2) is 0 Å². The van der Waals surface area contributed by atoms with E-state index in [-0.39, 0.29) is 5.91 Å². The van der Waals surface area contributed by atoms with Crippen LogP contribution < -0.4 is 10.6 Å². The van der Waals surface area contributed by atoms with E-state index in [2.05, 4.69) is 24.5 Å². The predicted octanol–water partition coefficient (Wildman–Crippen LogP) is 3.68. The van der Waals surface area contributed by atoms with Crippen LogP contribution in [0.2, 0.25) is 0 Å². The maximum atomic E-state index is 12.1. The van der Waals surface area contributed by atoms with Crippen molar-refractivity contribution in [2.24, 2.45) is 5.92 Å². The first-order chi connectivity index (χ1) is 10.1. The van der Waals surface area contributed by atoms with Gasteiger partial charge >= 0.3 is 0 Å². The largest absolute Gasteiger partial charge is 0.322 e. The second kappa shape index (κ2) is 7.60. The molecule has 0 bridgehead atoms. The lowest BCUT2D eigenvalue weighted by atomic mass is 10.1. The summed E-state index contributed by atoms with van der Waals surface area (Å²) in [5.74, 6) is 0.559. The first-order valence-electron chi connectivity index (χ1n) is 7.31. The number of rotatable bonds is 6. The molecule has 2 rings (SSSR count). The molecule has 3 nitrogen and oxygen atoms in total. The third-order valence-corrected chi connectivity index (χ3v) is 3.13. The van der Waals surface area contributed by atoms with E-state index in [9.17, 15) is 4.79 Å². The number of hydrogen-bond acceptors (Lipinski definition) is 2. The number of para-hydroxylation sites is 1. The van der Waals surface area contributed by atoms with Gasteiger partial charge in [0.2, 0.25) is 0 Å². The summed E-state index contributed by atoms with van der Waals surface area (Å²) in [6, 6.07) is 17.2. The van der Waals surface area contributed by atoms with Crippen molar-refractivity contribution in [2.45, 2.75) is 20.4 Å². The maximum Gasteiger partial charge on any atom is 0.255 e. The number of hydrogen-bond donors (Lipinski definition) is 2. The van der Waals surface area contributed by atoms with Crippen molar-refractivity contribution in [1.82, 2.24) is 5.32 Å². The van der Waals surface area contributed by atoms with Crippen LogP contribution in [0.3, 0.4) is 0 Å². The zero-order valence-corrected chi connectivity index (χ0v) is 12.6. The molecule has 1 amide bonds. The zero-order chi connectivity index (χ0) is 15.1. The molecule has 0 saturated heterocycles. The van der Waals surface area contributed by atoms with Gasteiger partial charge in [0.05, 0.1) is 0 Å². The summed E-state index contributed by atoms with van der Waals surface area (Å²) in [7, 11) is 0. The average Bonchev–Trinajstić information content (AvgIpc) is 2.48. The predicted molar refractivity (Wildman–Crippen MR) is 87.4 cm³/mol. The van der Waals surface area contributed by atoms with Crippen LogP contribution in [-0.2, 0) is 6.54 Å². The second-order valence-corrected chi connectivity index (χ2v) is 5.54.